The summed E-state index contributed by atoms with van der Waals surface area (Å²) in [4.78, 5) is 22.5. The minimum absolute atomic E-state index is 0.348. The molecule has 2 aromatic rings. The standard InChI is InChI=1S/C16H11ClI2N2O4/c17-11-3-1-10(2-4-11)16(24)21-20-7-9-5-12(18)15(13(19)6-9)25-8-14(22)23/h1-7H,8H2,(H,21,24)(H,22,23)/b20-7-. The van der Waals surface area contributed by atoms with Crippen LogP contribution >= 0.6 is 56.8 Å². The van der Waals surface area contributed by atoms with Gasteiger partial charge in [-0.25, -0.2) is 10.2 Å². The Morgan fingerprint density at radius 2 is 1.80 bits per heavy atom. The van der Waals surface area contributed by atoms with Crippen LogP contribution in [0, 0.1) is 7.14 Å². The second-order valence-electron chi connectivity index (χ2n) is 4.70. The van der Waals surface area contributed by atoms with Crippen LogP contribution in [0.25, 0.3) is 0 Å². The number of carboxylic acid groups (broad SMARTS) is 1. The van der Waals surface area contributed by atoms with Crippen molar-refractivity contribution < 1.29 is 19.4 Å². The molecule has 9 heteroatoms. The summed E-state index contributed by atoms with van der Waals surface area (Å²) >= 11 is 9.88. The number of aliphatic carboxylic acids is 1. The Balaban J connectivity index is 2.04. The molecule has 2 aromatic carbocycles. The van der Waals surface area contributed by atoms with Gasteiger partial charge in [-0.3, -0.25) is 4.79 Å². The van der Waals surface area contributed by atoms with Crippen LogP contribution in [-0.2, 0) is 4.79 Å². The number of amides is 1. The smallest absolute Gasteiger partial charge is 0.341 e. The monoisotopic (exact) mass is 584 g/mol. The molecule has 0 aliphatic carbocycles. The first-order valence-corrected chi connectivity index (χ1v) is 9.33. The maximum atomic E-state index is 11.9. The van der Waals surface area contributed by atoms with Crippen LogP contribution in [0.15, 0.2) is 41.5 Å². The molecule has 0 saturated heterocycles. The molecule has 0 saturated carbocycles. The number of hydrazone groups is 1. The molecule has 0 bridgehead atoms. The minimum atomic E-state index is -1.04. The van der Waals surface area contributed by atoms with Gasteiger partial charge in [-0.2, -0.15) is 5.10 Å². The van der Waals surface area contributed by atoms with E-state index in [0.29, 0.717) is 16.3 Å². The summed E-state index contributed by atoms with van der Waals surface area (Å²) in [7, 11) is 0. The highest BCUT2D eigenvalue weighted by Crippen LogP contribution is 2.28. The van der Waals surface area contributed by atoms with Crippen LogP contribution in [0.5, 0.6) is 5.75 Å². The van der Waals surface area contributed by atoms with E-state index in [-0.39, 0.29) is 5.91 Å². The highest BCUT2D eigenvalue weighted by atomic mass is 127. The van der Waals surface area contributed by atoms with Gasteiger partial charge in [-0.05, 0) is 87.1 Å². The van der Waals surface area contributed by atoms with Crippen molar-refractivity contribution in [1.82, 2.24) is 5.43 Å². The molecule has 25 heavy (non-hydrogen) atoms. The first-order valence-electron chi connectivity index (χ1n) is 6.79. The number of carbonyl (C=O) groups is 2. The number of benzene rings is 2. The zero-order valence-electron chi connectivity index (χ0n) is 12.5. The number of carbonyl (C=O) groups excluding carboxylic acids is 1. The van der Waals surface area contributed by atoms with Crippen molar-refractivity contribution in [3.8, 4) is 5.75 Å². The van der Waals surface area contributed by atoms with Crippen molar-refractivity contribution in [3.05, 3.63) is 59.7 Å². The maximum absolute atomic E-state index is 11.9. The summed E-state index contributed by atoms with van der Waals surface area (Å²) in [5.74, 6) is -0.883. The summed E-state index contributed by atoms with van der Waals surface area (Å²) in [6.45, 7) is -0.406. The Morgan fingerprint density at radius 1 is 1.20 bits per heavy atom. The molecule has 6 nitrogen and oxygen atoms in total. The molecule has 0 atom stereocenters. The van der Waals surface area contributed by atoms with Gasteiger partial charge in [0, 0.05) is 10.6 Å². The molecule has 0 unspecified atom stereocenters. The van der Waals surface area contributed by atoms with Crippen LogP contribution in [0.1, 0.15) is 15.9 Å². The molecular formula is C16H11ClI2N2O4. The third-order valence-electron chi connectivity index (χ3n) is 2.85. The topological polar surface area (TPSA) is 88.0 Å². The minimum Gasteiger partial charge on any atom is -0.480 e. The van der Waals surface area contributed by atoms with Gasteiger partial charge in [0.2, 0.25) is 0 Å². The van der Waals surface area contributed by atoms with Crippen LogP contribution in [0.2, 0.25) is 5.02 Å². The zero-order chi connectivity index (χ0) is 18.4. The van der Waals surface area contributed by atoms with Crippen molar-refractivity contribution in [2.45, 2.75) is 0 Å². The molecular weight excluding hydrogens is 573 g/mol. The van der Waals surface area contributed by atoms with Gasteiger partial charge in [-0.15, -0.1) is 0 Å². The highest BCUT2D eigenvalue weighted by Gasteiger charge is 2.10. The van der Waals surface area contributed by atoms with Crippen LogP contribution in [0.4, 0.5) is 0 Å². The first-order chi connectivity index (χ1) is 11.9. The lowest BCUT2D eigenvalue weighted by atomic mass is 10.2. The molecule has 2 N–H and O–H groups in total. The zero-order valence-corrected chi connectivity index (χ0v) is 17.6. The molecule has 2 rings (SSSR count). The van der Waals surface area contributed by atoms with Crippen molar-refractivity contribution >= 4 is 74.9 Å². The quantitative estimate of drug-likeness (QED) is 0.308. The van der Waals surface area contributed by atoms with Gasteiger partial charge in [0.1, 0.15) is 5.75 Å². The van der Waals surface area contributed by atoms with Gasteiger partial charge < -0.3 is 9.84 Å². The van der Waals surface area contributed by atoms with E-state index < -0.39 is 12.6 Å². The number of carboxylic acids is 1. The Morgan fingerprint density at radius 3 is 2.36 bits per heavy atom. The maximum Gasteiger partial charge on any atom is 0.341 e. The number of rotatable bonds is 6. The van der Waals surface area contributed by atoms with E-state index in [1.54, 1.807) is 36.4 Å². The SMILES string of the molecule is O=C(O)COc1c(I)cc(/C=N\NC(=O)c2ccc(Cl)cc2)cc1I. The number of hydrogen-bond acceptors (Lipinski definition) is 4. The van der Waals surface area contributed by atoms with E-state index in [2.05, 4.69) is 55.7 Å². The highest BCUT2D eigenvalue weighted by molar-refractivity contribution is 14.1. The predicted molar refractivity (Wildman–Crippen MR) is 112 cm³/mol. The van der Waals surface area contributed by atoms with Gasteiger partial charge in [0.25, 0.3) is 5.91 Å². The number of nitrogens with one attached hydrogen (secondary N) is 1. The van der Waals surface area contributed by atoms with Crippen molar-refractivity contribution in [2.24, 2.45) is 5.10 Å². The number of hydrogen-bond donors (Lipinski definition) is 2. The molecule has 1 amide bonds. The van der Waals surface area contributed by atoms with Crippen molar-refractivity contribution in [2.75, 3.05) is 6.61 Å². The molecule has 0 spiro atoms. The van der Waals surface area contributed by atoms with Crippen molar-refractivity contribution in [3.63, 3.8) is 0 Å². The van der Waals surface area contributed by atoms with E-state index in [0.717, 1.165) is 12.7 Å². The number of nitrogens with zero attached hydrogens (tertiary/aromatic N) is 1. The molecule has 130 valence electrons. The number of halogens is 3. The van der Waals surface area contributed by atoms with E-state index in [4.69, 9.17) is 21.4 Å². The molecule has 0 radical (unpaired) electrons. The summed E-state index contributed by atoms with van der Waals surface area (Å²) in [6, 6.07) is 10.0. The third kappa shape index (κ3) is 6.12. The van der Waals surface area contributed by atoms with Crippen LogP contribution in [-0.4, -0.2) is 29.8 Å². The van der Waals surface area contributed by atoms with Gasteiger partial charge >= 0.3 is 5.97 Å². The van der Waals surface area contributed by atoms with E-state index in [9.17, 15) is 9.59 Å². The Kier molecular flexibility index (Phi) is 7.44. The Bertz CT molecular complexity index is 802. The second kappa shape index (κ2) is 9.34. The largest absolute Gasteiger partial charge is 0.480 e. The lowest BCUT2D eigenvalue weighted by molar-refractivity contribution is -0.139. The van der Waals surface area contributed by atoms with Gasteiger partial charge in [0.05, 0.1) is 13.4 Å². The second-order valence-corrected chi connectivity index (χ2v) is 7.46. The van der Waals surface area contributed by atoms with E-state index in [1.807, 2.05) is 0 Å². The fourth-order valence-corrected chi connectivity index (χ4v) is 4.01. The molecule has 0 aromatic heterocycles. The Labute approximate surface area is 175 Å². The number of ether oxygens (including phenoxy) is 1. The molecule has 0 aliphatic rings. The van der Waals surface area contributed by atoms with Crippen LogP contribution < -0.4 is 10.2 Å². The Hall–Kier alpha value is -1.40. The molecule has 0 aliphatic heterocycles. The fraction of sp³-hybridized carbons (Fsp3) is 0.0625. The molecule has 0 heterocycles. The first kappa shape index (κ1) is 19.9. The lowest BCUT2D eigenvalue weighted by Crippen LogP contribution is -2.17. The fourth-order valence-electron chi connectivity index (χ4n) is 1.76. The third-order valence-corrected chi connectivity index (χ3v) is 4.70. The van der Waals surface area contributed by atoms with E-state index in [1.165, 1.54) is 6.21 Å². The average molecular weight is 585 g/mol. The average Bonchev–Trinajstić information content (AvgIpc) is 2.54. The summed E-state index contributed by atoms with van der Waals surface area (Å²) < 4.78 is 6.75. The summed E-state index contributed by atoms with van der Waals surface area (Å²) in [6.07, 6.45) is 1.50. The lowest BCUT2D eigenvalue weighted by Gasteiger charge is -2.09. The normalized spacial score (nSPS) is 10.7. The molecule has 0 fully saturated rings. The predicted octanol–water partition coefficient (Wildman–Crippen LogP) is 3.78. The summed E-state index contributed by atoms with van der Waals surface area (Å²) in [5, 5.41) is 13.2. The van der Waals surface area contributed by atoms with Crippen LogP contribution in [0.3, 0.4) is 0 Å². The van der Waals surface area contributed by atoms with E-state index >= 15 is 0 Å². The van der Waals surface area contributed by atoms with Gasteiger partial charge in [0.15, 0.2) is 6.61 Å². The van der Waals surface area contributed by atoms with Gasteiger partial charge in [-0.1, -0.05) is 11.6 Å². The van der Waals surface area contributed by atoms with Crippen molar-refractivity contribution in [1.29, 1.82) is 0 Å². The summed E-state index contributed by atoms with van der Waals surface area (Å²) in [5.41, 5.74) is 3.62.